The first-order valence-electron chi connectivity index (χ1n) is 6.06. The van der Waals surface area contributed by atoms with Crippen LogP contribution in [0.4, 0.5) is 5.69 Å². The van der Waals surface area contributed by atoms with E-state index in [0.717, 1.165) is 0 Å². The highest BCUT2D eigenvalue weighted by Crippen LogP contribution is 2.30. The molecule has 1 aliphatic heterocycles. The Kier molecular flexibility index (Phi) is 3.95. The first-order valence-corrected chi connectivity index (χ1v) is 6.44. The summed E-state index contributed by atoms with van der Waals surface area (Å²) in [5, 5.41) is 9.29. The summed E-state index contributed by atoms with van der Waals surface area (Å²) in [4.78, 5) is 24.4. The van der Waals surface area contributed by atoms with Crippen molar-refractivity contribution in [3.8, 4) is 0 Å². The van der Waals surface area contributed by atoms with E-state index in [2.05, 4.69) is 0 Å². The normalized spacial score (nSPS) is 16.4. The highest BCUT2D eigenvalue weighted by Gasteiger charge is 2.26. The van der Waals surface area contributed by atoms with E-state index < -0.39 is 11.9 Å². The van der Waals surface area contributed by atoms with Gasteiger partial charge in [0, 0.05) is 13.1 Å². The number of benzene rings is 1. The number of nitrogens with two attached hydrogens (primary N) is 1. The van der Waals surface area contributed by atoms with Gasteiger partial charge in [-0.1, -0.05) is 17.7 Å². The third kappa shape index (κ3) is 2.81. The van der Waals surface area contributed by atoms with E-state index in [1.165, 1.54) is 0 Å². The van der Waals surface area contributed by atoms with Gasteiger partial charge in [-0.25, -0.2) is 0 Å². The number of anilines is 1. The Bertz CT molecular complexity index is 511. The fraction of sp³-hybridized carbons (Fsp3) is 0.385. The minimum absolute atomic E-state index is 0.304. The molecule has 1 aromatic carbocycles. The number of hydrogen-bond donors (Lipinski definition) is 2. The van der Waals surface area contributed by atoms with Crippen LogP contribution in [0.3, 0.4) is 0 Å². The summed E-state index contributed by atoms with van der Waals surface area (Å²) >= 11 is 6.00. The van der Waals surface area contributed by atoms with Gasteiger partial charge in [-0.3, -0.25) is 9.59 Å². The van der Waals surface area contributed by atoms with Gasteiger partial charge in [0.1, 0.15) is 0 Å². The molecule has 1 amide bonds. The number of primary amides is 1. The van der Waals surface area contributed by atoms with Crippen LogP contribution in [0.1, 0.15) is 23.2 Å². The van der Waals surface area contributed by atoms with Crippen molar-refractivity contribution in [2.75, 3.05) is 18.0 Å². The van der Waals surface area contributed by atoms with E-state index in [4.69, 9.17) is 22.4 Å². The smallest absolute Gasteiger partial charge is 0.306 e. The van der Waals surface area contributed by atoms with Crippen molar-refractivity contribution in [2.24, 2.45) is 11.7 Å². The summed E-state index contributed by atoms with van der Waals surface area (Å²) < 4.78 is 0. The van der Waals surface area contributed by atoms with Crippen molar-refractivity contribution >= 4 is 29.2 Å². The number of halogens is 1. The molecule has 5 nitrogen and oxygen atoms in total. The molecule has 1 aliphatic rings. The molecule has 0 spiro atoms. The zero-order chi connectivity index (χ0) is 14.0. The third-order valence-corrected chi connectivity index (χ3v) is 3.74. The molecule has 1 fully saturated rings. The molecule has 102 valence electrons. The van der Waals surface area contributed by atoms with Gasteiger partial charge in [-0.15, -0.1) is 0 Å². The van der Waals surface area contributed by atoms with Gasteiger partial charge < -0.3 is 15.7 Å². The maximum absolute atomic E-state index is 11.5. The number of carboxylic acids is 1. The van der Waals surface area contributed by atoms with Crippen LogP contribution in [0.2, 0.25) is 5.02 Å². The average molecular weight is 283 g/mol. The minimum atomic E-state index is -0.763. The van der Waals surface area contributed by atoms with E-state index >= 15 is 0 Å². The fourth-order valence-electron chi connectivity index (χ4n) is 2.39. The molecule has 0 radical (unpaired) electrons. The van der Waals surface area contributed by atoms with Crippen molar-refractivity contribution in [3.05, 3.63) is 28.8 Å². The number of aliphatic carboxylic acids is 1. The third-order valence-electron chi connectivity index (χ3n) is 3.42. The Hall–Kier alpha value is -1.75. The largest absolute Gasteiger partial charge is 0.481 e. The van der Waals surface area contributed by atoms with E-state index in [1.54, 1.807) is 18.2 Å². The lowest BCUT2D eigenvalue weighted by Gasteiger charge is -2.33. The number of piperidine rings is 1. The highest BCUT2D eigenvalue weighted by molar-refractivity contribution is 6.34. The second-order valence-electron chi connectivity index (χ2n) is 4.60. The second kappa shape index (κ2) is 5.48. The summed E-state index contributed by atoms with van der Waals surface area (Å²) in [5.41, 5.74) is 6.34. The van der Waals surface area contributed by atoms with Crippen LogP contribution in [-0.4, -0.2) is 30.1 Å². The van der Waals surface area contributed by atoms with E-state index in [-0.39, 0.29) is 5.92 Å². The van der Waals surface area contributed by atoms with Crippen molar-refractivity contribution in [2.45, 2.75) is 12.8 Å². The van der Waals surface area contributed by atoms with Gasteiger partial charge in [0.25, 0.3) is 5.91 Å². The first-order chi connectivity index (χ1) is 9.00. The van der Waals surface area contributed by atoms with Gasteiger partial charge in [0.15, 0.2) is 0 Å². The molecule has 1 saturated heterocycles. The van der Waals surface area contributed by atoms with Crippen LogP contribution in [0.15, 0.2) is 18.2 Å². The quantitative estimate of drug-likeness (QED) is 0.884. The molecule has 0 unspecified atom stereocenters. The number of carboxylic acid groups (broad SMARTS) is 1. The number of hydrogen-bond acceptors (Lipinski definition) is 3. The molecular formula is C13H15ClN2O3. The van der Waals surface area contributed by atoms with Gasteiger partial charge in [0.05, 0.1) is 22.2 Å². The summed E-state index contributed by atoms with van der Waals surface area (Å²) in [6.07, 6.45) is 1.11. The van der Waals surface area contributed by atoms with E-state index in [0.29, 0.717) is 42.2 Å². The summed E-state index contributed by atoms with van der Waals surface area (Å²) in [5.74, 6) is -1.64. The Morgan fingerprint density at radius 3 is 2.47 bits per heavy atom. The van der Waals surface area contributed by atoms with Crippen LogP contribution < -0.4 is 10.6 Å². The molecule has 0 atom stereocenters. The van der Waals surface area contributed by atoms with Crippen molar-refractivity contribution < 1.29 is 14.7 Å². The Morgan fingerprint density at radius 1 is 1.32 bits per heavy atom. The van der Waals surface area contributed by atoms with Crippen LogP contribution in [-0.2, 0) is 4.79 Å². The molecule has 0 saturated carbocycles. The van der Waals surface area contributed by atoms with Crippen LogP contribution >= 0.6 is 11.6 Å². The lowest BCUT2D eigenvalue weighted by Crippen LogP contribution is -2.37. The van der Waals surface area contributed by atoms with Crippen LogP contribution in [0.5, 0.6) is 0 Å². The first kappa shape index (κ1) is 13.7. The molecule has 3 N–H and O–H groups in total. The minimum Gasteiger partial charge on any atom is -0.481 e. The van der Waals surface area contributed by atoms with Crippen molar-refractivity contribution in [3.63, 3.8) is 0 Å². The average Bonchev–Trinajstić information content (AvgIpc) is 2.38. The Labute approximate surface area is 116 Å². The van der Waals surface area contributed by atoms with Gasteiger partial charge in [-0.2, -0.15) is 0 Å². The number of carbonyl (C=O) groups is 2. The second-order valence-corrected chi connectivity index (χ2v) is 5.00. The molecule has 0 aliphatic carbocycles. The topological polar surface area (TPSA) is 83.6 Å². The van der Waals surface area contributed by atoms with Gasteiger partial charge in [-0.05, 0) is 25.0 Å². The summed E-state index contributed by atoms with van der Waals surface area (Å²) in [6, 6.07) is 5.16. The zero-order valence-corrected chi connectivity index (χ0v) is 11.1. The zero-order valence-electron chi connectivity index (χ0n) is 10.3. The fourth-order valence-corrected chi connectivity index (χ4v) is 2.65. The molecule has 2 rings (SSSR count). The standard InChI is InChI=1S/C13H15ClN2O3/c14-9-2-1-3-10(11(9)12(15)17)16-6-4-8(5-7-16)13(18)19/h1-3,8H,4-7H2,(H2,15,17)(H,18,19). The van der Waals surface area contributed by atoms with Gasteiger partial charge in [0.2, 0.25) is 0 Å². The number of amides is 1. The molecule has 0 bridgehead atoms. The van der Waals surface area contributed by atoms with Gasteiger partial charge >= 0.3 is 5.97 Å². The molecule has 19 heavy (non-hydrogen) atoms. The summed E-state index contributed by atoms with van der Waals surface area (Å²) in [7, 11) is 0. The van der Waals surface area contributed by atoms with E-state index in [1.807, 2.05) is 4.90 Å². The Balaban J connectivity index is 2.22. The van der Waals surface area contributed by atoms with Crippen molar-refractivity contribution in [1.82, 2.24) is 0 Å². The van der Waals surface area contributed by atoms with Crippen LogP contribution in [0, 0.1) is 5.92 Å². The lowest BCUT2D eigenvalue weighted by molar-refractivity contribution is -0.142. The van der Waals surface area contributed by atoms with Crippen molar-refractivity contribution in [1.29, 1.82) is 0 Å². The molecular weight excluding hydrogens is 268 g/mol. The number of nitrogens with zero attached hydrogens (tertiary/aromatic N) is 1. The molecule has 1 heterocycles. The van der Waals surface area contributed by atoms with E-state index in [9.17, 15) is 9.59 Å². The predicted molar refractivity (Wildman–Crippen MR) is 72.5 cm³/mol. The highest BCUT2D eigenvalue weighted by atomic mass is 35.5. The lowest BCUT2D eigenvalue weighted by atomic mass is 9.96. The molecule has 1 aromatic rings. The monoisotopic (exact) mass is 282 g/mol. The maximum atomic E-state index is 11.5. The molecule has 6 heteroatoms. The molecule has 0 aromatic heterocycles. The summed E-state index contributed by atoms with van der Waals surface area (Å²) in [6.45, 7) is 1.16. The maximum Gasteiger partial charge on any atom is 0.306 e. The number of carbonyl (C=O) groups excluding carboxylic acids is 1. The Morgan fingerprint density at radius 2 is 1.95 bits per heavy atom. The van der Waals surface area contributed by atoms with Crippen LogP contribution in [0.25, 0.3) is 0 Å². The SMILES string of the molecule is NC(=O)c1c(Cl)cccc1N1CCC(C(=O)O)CC1. The predicted octanol–water partition coefficient (Wildman–Crippen LogP) is 1.74. The number of rotatable bonds is 3.